The van der Waals surface area contributed by atoms with Crippen LogP contribution in [0, 0.1) is 5.92 Å². The van der Waals surface area contributed by atoms with E-state index >= 15 is 0 Å². The highest BCUT2D eigenvalue weighted by Crippen LogP contribution is 2.22. The van der Waals surface area contributed by atoms with Gasteiger partial charge in [0, 0.05) is 12.7 Å². The van der Waals surface area contributed by atoms with Crippen LogP contribution in [-0.4, -0.2) is 46.5 Å². The molecule has 1 aliphatic rings. The van der Waals surface area contributed by atoms with Gasteiger partial charge in [0.15, 0.2) is 11.9 Å². The van der Waals surface area contributed by atoms with E-state index in [4.69, 9.17) is 9.72 Å². The summed E-state index contributed by atoms with van der Waals surface area (Å²) in [6, 6.07) is 20.2. The van der Waals surface area contributed by atoms with E-state index < -0.39 is 6.10 Å². The molecule has 0 radical (unpaired) electrons. The first-order valence-corrected chi connectivity index (χ1v) is 13.1. The lowest BCUT2D eigenvalue weighted by Gasteiger charge is -2.29. The second-order valence-electron chi connectivity index (χ2n) is 10.0. The number of rotatable bonds is 9. The third-order valence-electron chi connectivity index (χ3n) is 7.15. The van der Waals surface area contributed by atoms with E-state index in [9.17, 15) is 4.79 Å². The first-order valence-electron chi connectivity index (χ1n) is 13.1. The third-order valence-corrected chi connectivity index (χ3v) is 7.15. The largest absolute Gasteiger partial charge is 0.483 e. The zero-order chi connectivity index (χ0) is 25.6. The number of piperidine rings is 1. The van der Waals surface area contributed by atoms with E-state index in [1.54, 1.807) is 12.3 Å². The topological polar surface area (TPSA) is 83.1 Å². The standard InChI is InChI=1S/C30H35N5O2/c1-21(37-25-10-8-23(9-11-25)18-22-6-4-3-5-7-22)29-33-28-26(30(36)34-29)12-15-32-27(28)20-31-19-24-13-16-35(2)17-14-24/h3-12,15,21,24,31H,13-14,16-20H2,1-2H3,(H,33,34,36)/t21-/m1/s1. The number of likely N-dealkylation sites (tertiary alicyclic amines) is 1. The quantitative estimate of drug-likeness (QED) is 0.355. The van der Waals surface area contributed by atoms with Gasteiger partial charge < -0.3 is 19.9 Å². The molecule has 37 heavy (non-hydrogen) atoms. The second kappa shape index (κ2) is 11.7. The van der Waals surface area contributed by atoms with Crippen LogP contribution < -0.4 is 15.6 Å². The molecule has 1 saturated heterocycles. The predicted octanol–water partition coefficient (Wildman–Crippen LogP) is 4.48. The summed E-state index contributed by atoms with van der Waals surface area (Å²) >= 11 is 0. The van der Waals surface area contributed by atoms with Crippen LogP contribution in [-0.2, 0) is 13.0 Å². The molecule has 1 aliphatic heterocycles. The molecule has 0 spiro atoms. The molecule has 0 unspecified atom stereocenters. The molecule has 7 nitrogen and oxygen atoms in total. The zero-order valence-corrected chi connectivity index (χ0v) is 21.6. The molecular formula is C30H35N5O2. The maximum absolute atomic E-state index is 12.9. The Kier molecular flexibility index (Phi) is 7.92. The fraction of sp³-hybridized carbons (Fsp3) is 0.367. The summed E-state index contributed by atoms with van der Waals surface area (Å²) in [5.74, 6) is 1.90. The Morgan fingerprint density at radius 1 is 1.05 bits per heavy atom. The van der Waals surface area contributed by atoms with E-state index in [0.29, 0.717) is 29.2 Å². The van der Waals surface area contributed by atoms with E-state index in [1.165, 1.54) is 24.0 Å². The molecule has 192 valence electrons. The van der Waals surface area contributed by atoms with E-state index in [0.717, 1.165) is 37.5 Å². The van der Waals surface area contributed by atoms with Crippen molar-refractivity contribution in [3.05, 3.63) is 99.9 Å². The molecule has 1 fully saturated rings. The van der Waals surface area contributed by atoms with Crippen LogP contribution >= 0.6 is 0 Å². The minimum absolute atomic E-state index is 0.173. The van der Waals surface area contributed by atoms with Crippen molar-refractivity contribution in [1.29, 1.82) is 0 Å². The number of pyridine rings is 1. The van der Waals surface area contributed by atoms with Gasteiger partial charge in [0.1, 0.15) is 11.3 Å². The molecule has 2 N–H and O–H groups in total. The molecule has 4 aromatic rings. The lowest BCUT2D eigenvalue weighted by atomic mass is 9.97. The summed E-state index contributed by atoms with van der Waals surface area (Å²) in [4.78, 5) is 27.5. The van der Waals surface area contributed by atoms with Gasteiger partial charge in [-0.05, 0) is 88.1 Å². The summed E-state index contributed by atoms with van der Waals surface area (Å²) in [6.07, 6.45) is 4.55. The Hall–Kier alpha value is -3.55. The number of aromatic amines is 1. The fourth-order valence-electron chi connectivity index (χ4n) is 4.90. The Morgan fingerprint density at radius 3 is 2.54 bits per heavy atom. The van der Waals surface area contributed by atoms with Crippen molar-refractivity contribution in [1.82, 2.24) is 25.2 Å². The van der Waals surface area contributed by atoms with Gasteiger partial charge in [-0.25, -0.2) is 4.98 Å². The number of nitrogens with zero attached hydrogens (tertiary/aromatic N) is 3. The van der Waals surface area contributed by atoms with Crippen LogP contribution in [0.4, 0.5) is 0 Å². The fourth-order valence-corrected chi connectivity index (χ4v) is 4.90. The molecule has 0 bridgehead atoms. The minimum Gasteiger partial charge on any atom is -0.483 e. The summed E-state index contributed by atoms with van der Waals surface area (Å²) in [7, 11) is 2.18. The molecule has 2 aromatic carbocycles. The number of ether oxygens (including phenoxy) is 1. The van der Waals surface area contributed by atoms with Crippen molar-refractivity contribution in [2.45, 2.75) is 38.8 Å². The highest BCUT2D eigenvalue weighted by molar-refractivity contribution is 5.79. The number of benzene rings is 2. The third kappa shape index (κ3) is 6.42. The molecule has 5 rings (SSSR count). The van der Waals surface area contributed by atoms with Crippen LogP contribution in [0.5, 0.6) is 5.75 Å². The summed E-state index contributed by atoms with van der Waals surface area (Å²) in [5.41, 5.74) is 3.73. The smallest absolute Gasteiger partial charge is 0.258 e. The molecule has 0 aliphatic carbocycles. The van der Waals surface area contributed by atoms with Gasteiger partial charge in [-0.2, -0.15) is 0 Å². The van der Waals surface area contributed by atoms with Crippen molar-refractivity contribution in [2.75, 3.05) is 26.7 Å². The number of hydrogen-bond donors (Lipinski definition) is 2. The molecule has 2 aromatic heterocycles. The van der Waals surface area contributed by atoms with E-state index in [2.05, 4.69) is 63.6 Å². The number of hydrogen-bond acceptors (Lipinski definition) is 6. The number of fused-ring (bicyclic) bond motifs is 1. The molecule has 7 heteroatoms. The van der Waals surface area contributed by atoms with Gasteiger partial charge in [0.05, 0.1) is 11.1 Å². The predicted molar refractivity (Wildman–Crippen MR) is 147 cm³/mol. The van der Waals surface area contributed by atoms with Crippen molar-refractivity contribution in [3.63, 3.8) is 0 Å². The van der Waals surface area contributed by atoms with Gasteiger partial charge in [-0.15, -0.1) is 0 Å². The first kappa shape index (κ1) is 25.1. The van der Waals surface area contributed by atoms with Crippen LogP contribution in [0.15, 0.2) is 71.7 Å². The van der Waals surface area contributed by atoms with Crippen LogP contribution in [0.2, 0.25) is 0 Å². The van der Waals surface area contributed by atoms with E-state index in [-0.39, 0.29) is 5.56 Å². The molecule has 3 heterocycles. The van der Waals surface area contributed by atoms with Gasteiger partial charge in [-0.1, -0.05) is 42.5 Å². The maximum atomic E-state index is 12.9. The van der Waals surface area contributed by atoms with Crippen LogP contribution in [0.3, 0.4) is 0 Å². The highest BCUT2D eigenvalue weighted by atomic mass is 16.5. The van der Waals surface area contributed by atoms with Crippen LogP contribution in [0.25, 0.3) is 10.9 Å². The first-order chi connectivity index (χ1) is 18.0. The lowest BCUT2D eigenvalue weighted by Crippen LogP contribution is -2.35. The molecule has 0 amide bonds. The summed E-state index contributed by atoms with van der Waals surface area (Å²) < 4.78 is 6.15. The van der Waals surface area contributed by atoms with Gasteiger partial charge in [0.2, 0.25) is 0 Å². The van der Waals surface area contributed by atoms with Crippen LogP contribution in [0.1, 0.15) is 48.5 Å². The zero-order valence-electron chi connectivity index (χ0n) is 21.6. The Labute approximate surface area is 217 Å². The number of H-pyrrole nitrogens is 1. The number of nitrogens with one attached hydrogen (secondary N) is 2. The molecule has 1 atom stereocenters. The highest BCUT2D eigenvalue weighted by Gasteiger charge is 2.18. The Balaban J connectivity index is 1.26. The Morgan fingerprint density at radius 2 is 1.78 bits per heavy atom. The van der Waals surface area contributed by atoms with Crippen molar-refractivity contribution in [2.24, 2.45) is 5.92 Å². The second-order valence-corrected chi connectivity index (χ2v) is 10.0. The summed E-state index contributed by atoms with van der Waals surface area (Å²) in [6.45, 7) is 5.72. The van der Waals surface area contributed by atoms with E-state index in [1.807, 2.05) is 25.1 Å². The average Bonchev–Trinajstić information content (AvgIpc) is 2.92. The number of aromatic nitrogens is 3. The van der Waals surface area contributed by atoms with Crippen molar-refractivity contribution in [3.8, 4) is 5.75 Å². The average molecular weight is 498 g/mol. The van der Waals surface area contributed by atoms with Gasteiger partial charge in [-0.3, -0.25) is 9.78 Å². The maximum Gasteiger partial charge on any atom is 0.258 e. The normalized spacial score (nSPS) is 15.6. The molecular weight excluding hydrogens is 462 g/mol. The lowest BCUT2D eigenvalue weighted by molar-refractivity contribution is 0.215. The van der Waals surface area contributed by atoms with Gasteiger partial charge in [0.25, 0.3) is 5.56 Å². The van der Waals surface area contributed by atoms with Gasteiger partial charge >= 0.3 is 0 Å². The molecule has 0 saturated carbocycles. The monoisotopic (exact) mass is 497 g/mol. The minimum atomic E-state index is -0.419. The summed E-state index contributed by atoms with van der Waals surface area (Å²) in [5, 5.41) is 4.09. The van der Waals surface area contributed by atoms with Crippen molar-refractivity contribution >= 4 is 10.9 Å². The Bertz CT molecular complexity index is 1360. The SMILES string of the molecule is C[C@@H](Oc1ccc(Cc2ccccc2)cc1)c1nc2c(CNCC3CCN(C)CC3)nccc2c(=O)[nH]1. The van der Waals surface area contributed by atoms with Crippen molar-refractivity contribution < 1.29 is 4.74 Å².